The molecule has 0 fully saturated rings. The van der Waals surface area contributed by atoms with Crippen LogP contribution in [0.2, 0.25) is 0 Å². The fourth-order valence-corrected chi connectivity index (χ4v) is 1.89. The standard InChI is InChI=1S/C7H6Br2O/c8-4-5-3-6(10)1-2-7(5)9/h1-3,10H,4H2. The largest absolute Gasteiger partial charge is 0.508 e. The Morgan fingerprint density at radius 3 is 2.60 bits per heavy atom. The van der Waals surface area contributed by atoms with Crippen molar-refractivity contribution in [2.24, 2.45) is 0 Å². The third kappa shape index (κ3) is 1.73. The first-order chi connectivity index (χ1) is 4.74. The second kappa shape index (κ2) is 3.39. The highest BCUT2D eigenvalue weighted by molar-refractivity contribution is 9.10. The Morgan fingerprint density at radius 2 is 2.10 bits per heavy atom. The maximum Gasteiger partial charge on any atom is 0.115 e. The van der Waals surface area contributed by atoms with Gasteiger partial charge in [-0.25, -0.2) is 0 Å². The Bertz CT molecular complexity index is 235. The summed E-state index contributed by atoms with van der Waals surface area (Å²) in [6.45, 7) is 0. The number of rotatable bonds is 1. The van der Waals surface area contributed by atoms with Crippen molar-refractivity contribution in [1.29, 1.82) is 0 Å². The third-order valence-electron chi connectivity index (χ3n) is 1.17. The molecule has 0 spiro atoms. The zero-order valence-electron chi connectivity index (χ0n) is 5.14. The molecular weight excluding hydrogens is 260 g/mol. The lowest BCUT2D eigenvalue weighted by atomic mass is 10.2. The Hall–Kier alpha value is -0.0200. The van der Waals surface area contributed by atoms with E-state index < -0.39 is 0 Å². The van der Waals surface area contributed by atoms with Gasteiger partial charge >= 0.3 is 0 Å². The third-order valence-corrected chi connectivity index (χ3v) is 2.55. The summed E-state index contributed by atoms with van der Waals surface area (Å²) in [6.07, 6.45) is 0. The van der Waals surface area contributed by atoms with Crippen LogP contribution in [0.3, 0.4) is 0 Å². The predicted octanol–water partition coefficient (Wildman–Crippen LogP) is 3.05. The van der Waals surface area contributed by atoms with Crippen molar-refractivity contribution in [3.8, 4) is 5.75 Å². The number of benzene rings is 1. The van der Waals surface area contributed by atoms with Gasteiger partial charge in [-0.2, -0.15) is 0 Å². The molecule has 0 aliphatic rings. The van der Waals surface area contributed by atoms with Gasteiger partial charge in [0.05, 0.1) is 0 Å². The van der Waals surface area contributed by atoms with Gasteiger partial charge in [-0.05, 0) is 23.8 Å². The summed E-state index contributed by atoms with van der Waals surface area (Å²) in [5, 5.41) is 9.78. The molecule has 0 aliphatic carbocycles. The van der Waals surface area contributed by atoms with E-state index in [2.05, 4.69) is 31.9 Å². The molecule has 0 radical (unpaired) electrons. The van der Waals surface area contributed by atoms with Gasteiger partial charge in [0.1, 0.15) is 5.75 Å². The molecule has 0 saturated carbocycles. The first-order valence-corrected chi connectivity index (χ1v) is 4.69. The maximum atomic E-state index is 9.03. The number of hydrogen-bond donors (Lipinski definition) is 1. The van der Waals surface area contributed by atoms with E-state index in [-0.39, 0.29) is 0 Å². The van der Waals surface area contributed by atoms with Crippen LogP contribution in [0, 0.1) is 0 Å². The van der Waals surface area contributed by atoms with E-state index in [9.17, 15) is 0 Å². The first-order valence-electron chi connectivity index (χ1n) is 2.77. The van der Waals surface area contributed by atoms with Crippen LogP contribution < -0.4 is 0 Å². The van der Waals surface area contributed by atoms with Crippen molar-refractivity contribution in [2.75, 3.05) is 0 Å². The molecular formula is C7H6Br2O. The zero-order chi connectivity index (χ0) is 7.56. The van der Waals surface area contributed by atoms with Crippen LogP contribution in [0.15, 0.2) is 22.7 Å². The van der Waals surface area contributed by atoms with Crippen LogP contribution >= 0.6 is 31.9 Å². The number of phenols is 1. The Balaban J connectivity index is 3.09. The molecule has 0 aliphatic heterocycles. The van der Waals surface area contributed by atoms with Crippen LogP contribution in [0.5, 0.6) is 5.75 Å². The number of alkyl halides is 1. The number of halogens is 2. The SMILES string of the molecule is Oc1ccc(Br)c(CBr)c1. The Kier molecular flexibility index (Phi) is 2.74. The Labute approximate surface area is 76.3 Å². The van der Waals surface area contributed by atoms with Crippen molar-refractivity contribution < 1.29 is 5.11 Å². The molecule has 0 saturated heterocycles. The summed E-state index contributed by atoms with van der Waals surface area (Å²) in [5.74, 6) is 0.303. The molecule has 1 aromatic carbocycles. The monoisotopic (exact) mass is 264 g/mol. The fraction of sp³-hybridized carbons (Fsp3) is 0.143. The molecule has 0 heterocycles. The van der Waals surface area contributed by atoms with Crippen LogP contribution in [0.4, 0.5) is 0 Å². The van der Waals surface area contributed by atoms with Crippen LogP contribution in [-0.4, -0.2) is 5.11 Å². The van der Waals surface area contributed by atoms with Crippen LogP contribution in [-0.2, 0) is 5.33 Å². The summed E-state index contributed by atoms with van der Waals surface area (Å²) >= 11 is 6.65. The van der Waals surface area contributed by atoms with Gasteiger partial charge in [0.2, 0.25) is 0 Å². The molecule has 1 aromatic rings. The molecule has 0 unspecified atom stereocenters. The van der Waals surface area contributed by atoms with Gasteiger partial charge < -0.3 is 5.11 Å². The summed E-state index contributed by atoms with van der Waals surface area (Å²) in [4.78, 5) is 0. The molecule has 0 bridgehead atoms. The molecule has 1 rings (SSSR count). The van der Waals surface area contributed by atoms with Gasteiger partial charge in [0, 0.05) is 9.80 Å². The first kappa shape index (κ1) is 8.08. The van der Waals surface area contributed by atoms with E-state index >= 15 is 0 Å². The molecule has 0 atom stereocenters. The van der Waals surface area contributed by atoms with E-state index in [0.717, 1.165) is 15.4 Å². The van der Waals surface area contributed by atoms with Crippen molar-refractivity contribution in [1.82, 2.24) is 0 Å². The quantitative estimate of drug-likeness (QED) is 0.774. The molecule has 1 nitrogen and oxygen atoms in total. The van der Waals surface area contributed by atoms with E-state index in [4.69, 9.17) is 5.11 Å². The molecule has 1 N–H and O–H groups in total. The minimum absolute atomic E-state index is 0.303. The highest BCUT2D eigenvalue weighted by atomic mass is 79.9. The lowest BCUT2D eigenvalue weighted by Crippen LogP contribution is -1.78. The van der Waals surface area contributed by atoms with E-state index in [1.165, 1.54) is 0 Å². The van der Waals surface area contributed by atoms with Crippen molar-refractivity contribution in [2.45, 2.75) is 5.33 Å². The van der Waals surface area contributed by atoms with Gasteiger partial charge in [-0.1, -0.05) is 31.9 Å². The number of aromatic hydroxyl groups is 1. The number of hydrogen-bond acceptors (Lipinski definition) is 1. The molecule has 0 amide bonds. The summed E-state index contributed by atoms with van der Waals surface area (Å²) in [5.41, 5.74) is 1.06. The minimum atomic E-state index is 0.303. The highest BCUT2D eigenvalue weighted by Crippen LogP contribution is 2.23. The van der Waals surface area contributed by atoms with Gasteiger partial charge in [-0.3, -0.25) is 0 Å². The summed E-state index contributed by atoms with van der Waals surface area (Å²) < 4.78 is 1.02. The average molecular weight is 266 g/mol. The zero-order valence-corrected chi connectivity index (χ0v) is 8.31. The van der Waals surface area contributed by atoms with E-state index in [0.29, 0.717) is 5.75 Å². The second-order valence-electron chi connectivity index (χ2n) is 1.91. The highest BCUT2D eigenvalue weighted by Gasteiger charge is 1.97. The topological polar surface area (TPSA) is 20.2 Å². The van der Waals surface area contributed by atoms with Crippen molar-refractivity contribution in [3.63, 3.8) is 0 Å². The normalized spacial score (nSPS) is 9.80. The minimum Gasteiger partial charge on any atom is -0.508 e. The fourth-order valence-electron chi connectivity index (χ4n) is 0.664. The lowest BCUT2D eigenvalue weighted by molar-refractivity contribution is 0.474. The molecule has 10 heavy (non-hydrogen) atoms. The predicted molar refractivity (Wildman–Crippen MR) is 48.4 cm³/mol. The number of phenolic OH excluding ortho intramolecular Hbond substituents is 1. The summed E-state index contributed by atoms with van der Waals surface area (Å²) in [6, 6.07) is 5.20. The van der Waals surface area contributed by atoms with Gasteiger partial charge in [0.25, 0.3) is 0 Å². The average Bonchev–Trinajstić information content (AvgIpc) is 1.94. The van der Waals surface area contributed by atoms with Gasteiger partial charge in [0.15, 0.2) is 0 Å². The van der Waals surface area contributed by atoms with Crippen LogP contribution in [0.25, 0.3) is 0 Å². The second-order valence-corrected chi connectivity index (χ2v) is 3.32. The van der Waals surface area contributed by atoms with Crippen LogP contribution in [0.1, 0.15) is 5.56 Å². The van der Waals surface area contributed by atoms with E-state index in [1.54, 1.807) is 12.1 Å². The van der Waals surface area contributed by atoms with Gasteiger partial charge in [-0.15, -0.1) is 0 Å². The Morgan fingerprint density at radius 1 is 1.40 bits per heavy atom. The maximum absolute atomic E-state index is 9.03. The lowest BCUT2D eigenvalue weighted by Gasteiger charge is -1.99. The van der Waals surface area contributed by atoms with E-state index in [1.807, 2.05) is 6.07 Å². The summed E-state index contributed by atoms with van der Waals surface area (Å²) in [7, 11) is 0. The van der Waals surface area contributed by atoms with Crippen molar-refractivity contribution >= 4 is 31.9 Å². The van der Waals surface area contributed by atoms with Crippen molar-refractivity contribution in [3.05, 3.63) is 28.2 Å². The molecule has 0 aromatic heterocycles. The molecule has 54 valence electrons. The molecule has 3 heteroatoms. The smallest absolute Gasteiger partial charge is 0.115 e.